The maximum absolute atomic E-state index is 9.87. The van der Waals surface area contributed by atoms with Crippen molar-refractivity contribution < 1.29 is 4.74 Å². The molecule has 0 fully saturated rings. The summed E-state index contributed by atoms with van der Waals surface area (Å²) >= 11 is 0. The van der Waals surface area contributed by atoms with E-state index >= 15 is 0 Å². The molecule has 2 aromatic rings. The number of aryl methyl sites for hydroxylation is 1. The Labute approximate surface area is 194 Å². The van der Waals surface area contributed by atoms with Crippen molar-refractivity contribution in [1.82, 2.24) is 4.98 Å². The van der Waals surface area contributed by atoms with E-state index in [9.17, 15) is 5.26 Å². The van der Waals surface area contributed by atoms with Gasteiger partial charge in [-0.05, 0) is 60.3 Å². The summed E-state index contributed by atoms with van der Waals surface area (Å²) in [4.78, 5) is 4.61. The molecule has 1 aromatic carbocycles. The molecular formula is C28H39N3O. The molecule has 1 aliphatic carbocycles. The lowest BCUT2D eigenvalue weighted by atomic mass is 9.70. The van der Waals surface area contributed by atoms with Crippen LogP contribution >= 0.6 is 0 Å². The van der Waals surface area contributed by atoms with Gasteiger partial charge in [0.1, 0.15) is 23.2 Å². The topological polar surface area (TPSA) is 71.9 Å². The minimum absolute atomic E-state index is 0.220. The zero-order valence-electron chi connectivity index (χ0n) is 20.3. The van der Waals surface area contributed by atoms with E-state index in [2.05, 4.69) is 50.9 Å². The molecule has 1 aliphatic rings. The molecule has 4 nitrogen and oxygen atoms in total. The highest BCUT2D eigenvalue weighted by Gasteiger charge is 2.32. The van der Waals surface area contributed by atoms with Crippen molar-refractivity contribution in [3.63, 3.8) is 0 Å². The quantitative estimate of drug-likeness (QED) is 0.428. The number of nitriles is 1. The van der Waals surface area contributed by atoms with Crippen LogP contribution in [0.15, 0.2) is 24.3 Å². The van der Waals surface area contributed by atoms with E-state index in [4.69, 9.17) is 10.5 Å². The number of nitrogens with zero attached hydrogens (tertiary/aromatic N) is 2. The molecular weight excluding hydrogens is 394 g/mol. The van der Waals surface area contributed by atoms with Gasteiger partial charge in [0.15, 0.2) is 0 Å². The minimum Gasteiger partial charge on any atom is -0.494 e. The van der Waals surface area contributed by atoms with Crippen LogP contribution < -0.4 is 10.5 Å². The number of hydrogen-bond acceptors (Lipinski definition) is 4. The second-order valence-electron chi connectivity index (χ2n) is 10.2. The molecule has 32 heavy (non-hydrogen) atoms. The third kappa shape index (κ3) is 5.82. The summed E-state index contributed by atoms with van der Waals surface area (Å²) in [5, 5.41) is 9.87. The average molecular weight is 434 g/mol. The van der Waals surface area contributed by atoms with Gasteiger partial charge in [-0.15, -0.1) is 0 Å². The predicted octanol–water partition coefficient (Wildman–Crippen LogP) is 7.09. The number of hydrogen-bond donors (Lipinski definition) is 1. The van der Waals surface area contributed by atoms with E-state index < -0.39 is 0 Å². The summed E-state index contributed by atoms with van der Waals surface area (Å²) in [6.07, 6.45) is 10.5. The normalized spacial score (nSPS) is 15.8. The molecule has 172 valence electrons. The third-order valence-corrected chi connectivity index (χ3v) is 6.84. The van der Waals surface area contributed by atoms with Gasteiger partial charge in [-0.1, -0.05) is 71.9 Å². The Bertz CT molecular complexity index is 935. The first-order valence-corrected chi connectivity index (χ1v) is 12.3. The number of aromatic nitrogens is 1. The van der Waals surface area contributed by atoms with Crippen molar-refractivity contribution in [1.29, 1.82) is 5.26 Å². The summed E-state index contributed by atoms with van der Waals surface area (Å²) < 4.78 is 5.96. The van der Waals surface area contributed by atoms with E-state index in [-0.39, 0.29) is 5.41 Å². The van der Waals surface area contributed by atoms with Crippen molar-refractivity contribution in [3.8, 4) is 22.9 Å². The van der Waals surface area contributed by atoms with Crippen LogP contribution in [-0.2, 0) is 12.8 Å². The zero-order chi connectivity index (χ0) is 23.1. The number of unbranched alkanes of at least 4 members (excludes halogenated alkanes) is 5. The summed E-state index contributed by atoms with van der Waals surface area (Å²) in [5.74, 6) is 1.79. The first-order valence-electron chi connectivity index (χ1n) is 12.3. The molecule has 1 aromatic heterocycles. The van der Waals surface area contributed by atoms with Crippen molar-refractivity contribution in [3.05, 3.63) is 41.1 Å². The van der Waals surface area contributed by atoms with Crippen molar-refractivity contribution >= 4 is 5.82 Å². The highest BCUT2D eigenvalue weighted by molar-refractivity contribution is 5.79. The number of nitrogen functional groups attached to an aromatic ring is 1. The fourth-order valence-electron chi connectivity index (χ4n) is 4.74. The number of nitrogens with two attached hydrogens (primary N) is 1. The monoisotopic (exact) mass is 433 g/mol. The van der Waals surface area contributed by atoms with Crippen LogP contribution in [0.4, 0.5) is 5.82 Å². The molecule has 0 spiro atoms. The Morgan fingerprint density at radius 3 is 2.44 bits per heavy atom. The van der Waals surface area contributed by atoms with Gasteiger partial charge in [-0.2, -0.15) is 5.26 Å². The van der Waals surface area contributed by atoms with Gasteiger partial charge in [-0.25, -0.2) is 4.98 Å². The number of pyridine rings is 1. The molecule has 1 unspecified atom stereocenters. The Morgan fingerprint density at radius 1 is 1.09 bits per heavy atom. The smallest absolute Gasteiger partial charge is 0.142 e. The maximum atomic E-state index is 9.87. The Kier molecular flexibility index (Phi) is 8.18. The predicted molar refractivity (Wildman–Crippen MR) is 133 cm³/mol. The number of benzene rings is 1. The van der Waals surface area contributed by atoms with Crippen LogP contribution in [0.25, 0.3) is 11.1 Å². The van der Waals surface area contributed by atoms with Gasteiger partial charge in [0, 0.05) is 11.3 Å². The van der Waals surface area contributed by atoms with Crippen LogP contribution in [-0.4, -0.2) is 11.6 Å². The van der Waals surface area contributed by atoms with E-state index in [1.807, 2.05) is 12.1 Å². The molecule has 0 saturated carbocycles. The Hall–Kier alpha value is -2.54. The van der Waals surface area contributed by atoms with Crippen LogP contribution in [0.2, 0.25) is 0 Å². The molecule has 2 N–H and O–H groups in total. The van der Waals surface area contributed by atoms with E-state index in [1.165, 1.54) is 37.7 Å². The number of fused-ring (bicyclic) bond motifs is 1. The first-order chi connectivity index (χ1) is 15.3. The van der Waals surface area contributed by atoms with Crippen molar-refractivity contribution in [2.45, 2.75) is 85.5 Å². The highest BCUT2D eigenvalue weighted by Crippen LogP contribution is 2.42. The van der Waals surface area contributed by atoms with Crippen LogP contribution in [0.5, 0.6) is 5.75 Å². The maximum Gasteiger partial charge on any atom is 0.142 e. The molecule has 4 heteroatoms. The van der Waals surface area contributed by atoms with E-state index in [0.717, 1.165) is 54.9 Å². The summed E-state index contributed by atoms with van der Waals surface area (Å²) in [6, 6.07) is 10.5. The van der Waals surface area contributed by atoms with E-state index in [0.29, 0.717) is 17.3 Å². The number of rotatable bonds is 9. The number of anilines is 1. The fourth-order valence-corrected chi connectivity index (χ4v) is 4.74. The summed E-state index contributed by atoms with van der Waals surface area (Å²) in [5.41, 5.74) is 11.2. The van der Waals surface area contributed by atoms with Crippen LogP contribution in [0.1, 0.15) is 89.5 Å². The lowest BCUT2D eigenvalue weighted by Crippen LogP contribution is -2.28. The lowest BCUT2D eigenvalue weighted by Gasteiger charge is -2.35. The van der Waals surface area contributed by atoms with Gasteiger partial charge in [-0.3, -0.25) is 0 Å². The Balaban J connectivity index is 1.77. The molecule has 0 saturated heterocycles. The Morgan fingerprint density at radius 2 is 1.78 bits per heavy atom. The minimum atomic E-state index is 0.220. The van der Waals surface area contributed by atoms with Crippen LogP contribution in [0, 0.1) is 22.7 Å². The average Bonchev–Trinajstić information content (AvgIpc) is 2.77. The SMILES string of the molecule is CCCCCCCCOc1ccc(-c2c(C#N)c(N)nc3c2CC(C(C)(C)C)CC3)cc1. The molecule has 3 rings (SSSR count). The molecule has 0 radical (unpaired) electrons. The molecule has 1 heterocycles. The molecule has 0 bridgehead atoms. The van der Waals surface area contributed by atoms with Gasteiger partial charge in [0.25, 0.3) is 0 Å². The highest BCUT2D eigenvalue weighted by atomic mass is 16.5. The molecule has 0 aliphatic heterocycles. The van der Waals surface area contributed by atoms with Crippen LogP contribution in [0.3, 0.4) is 0 Å². The fraction of sp³-hybridized carbons (Fsp3) is 0.571. The van der Waals surface area contributed by atoms with Gasteiger partial charge < -0.3 is 10.5 Å². The van der Waals surface area contributed by atoms with E-state index in [1.54, 1.807) is 0 Å². The largest absolute Gasteiger partial charge is 0.494 e. The second-order valence-corrected chi connectivity index (χ2v) is 10.2. The zero-order valence-corrected chi connectivity index (χ0v) is 20.3. The third-order valence-electron chi connectivity index (χ3n) is 6.84. The van der Waals surface area contributed by atoms with Gasteiger partial charge >= 0.3 is 0 Å². The van der Waals surface area contributed by atoms with Crippen molar-refractivity contribution in [2.75, 3.05) is 12.3 Å². The van der Waals surface area contributed by atoms with Gasteiger partial charge in [0.05, 0.1) is 6.61 Å². The lowest BCUT2D eigenvalue weighted by molar-refractivity contribution is 0.215. The second kappa shape index (κ2) is 10.9. The summed E-state index contributed by atoms with van der Waals surface area (Å²) in [7, 11) is 0. The molecule has 0 amide bonds. The van der Waals surface area contributed by atoms with Crippen molar-refractivity contribution in [2.24, 2.45) is 11.3 Å². The summed E-state index contributed by atoms with van der Waals surface area (Å²) in [6.45, 7) is 9.89. The molecule has 1 atom stereocenters. The number of ether oxygens (including phenoxy) is 1. The van der Waals surface area contributed by atoms with Gasteiger partial charge in [0.2, 0.25) is 0 Å². The standard InChI is InChI=1S/C28H39N3O/c1-5-6-7-8-9-10-17-32-22-14-11-20(12-15-22)26-23-18-21(28(2,3)4)13-16-25(23)31-27(30)24(26)19-29/h11-12,14-15,21H,5-10,13,16-18H2,1-4H3,(H2,30,31). The first kappa shape index (κ1) is 24.1.